The Morgan fingerprint density at radius 3 is 2.81 bits per heavy atom. The van der Waals surface area contributed by atoms with E-state index in [1.165, 1.54) is 62.0 Å². The highest BCUT2D eigenvalue weighted by Crippen LogP contribution is 2.29. The smallest absolute Gasteiger partial charge is 0.106 e. The Labute approximate surface area is 126 Å². The van der Waals surface area contributed by atoms with Gasteiger partial charge in [0.25, 0.3) is 0 Å². The fraction of sp³-hybridized carbons (Fsp3) is 0.647. The van der Waals surface area contributed by atoms with Crippen LogP contribution in [0.2, 0.25) is 0 Å². The highest BCUT2D eigenvalue weighted by molar-refractivity contribution is 5.21. The number of hydrogen-bond donors (Lipinski definition) is 0. The molecule has 0 saturated heterocycles. The molecule has 4 rings (SSSR count). The van der Waals surface area contributed by atoms with Gasteiger partial charge < -0.3 is 4.57 Å². The lowest BCUT2D eigenvalue weighted by Crippen LogP contribution is -2.11. The first-order chi connectivity index (χ1) is 10.3. The summed E-state index contributed by atoms with van der Waals surface area (Å²) >= 11 is 0. The minimum absolute atomic E-state index is 0.636. The molecule has 0 bridgehead atoms. The molecule has 4 heteroatoms. The molecule has 1 fully saturated rings. The van der Waals surface area contributed by atoms with Crippen molar-refractivity contribution in [2.75, 3.05) is 0 Å². The van der Waals surface area contributed by atoms with E-state index in [-0.39, 0.29) is 0 Å². The number of imidazole rings is 1. The summed E-state index contributed by atoms with van der Waals surface area (Å²) in [5.41, 5.74) is 3.96. The van der Waals surface area contributed by atoms with Gasteiger partial charge in [0.15, 0.2) is 0 Å². The van der Waals surface area contributed by atoms with Crippen LogP contribution in [0.3, 0.4) is 0 Å². The van der Waals surface area contributed by atoms with Crippen molar-refractivity contribution in [1.29, 1.82) is 0 Å². The molecule has 21 heavy (non-hydrogen) atoms. The average Bonchev–Trinajstić information content (AvgIpc) is 3.20. The van der Waals surface area contributed by atoms with Crippen LogP contribution in [-0.2, 0) is 19.4 Å². The van der Waals surface area contributed by atoms with Crippen LogP contribution in [0.25, 0.3) is 0 Å². The highest BCUT2D eigenvalue weighted by Gasteiger charge is 2.20. The van der Waals surface area contributed by atoms with Crippen LogP contribution in [-0.4, -0.2) is 19.3 Å². The molecule has 0 amide bonds. The first kappa shape index (κ1) is 13.1. The van der Waals surface area contributed by atoms with Crippen LogP contribution >= 0.6 is 0 Å². The molecule has 2 aromatic heterocycles. The molecule has 2 heterocycles. The second kappa shape index (κ2) is 5.32. The monoisotopic (exact) mass is 284 g/mol. The van der Waals surface area contributed by atoms with Gasteiger partial charge in [0.05, 0.1) is 24.0 Å². The van der Waals surface area contributed by atoms with Crippen LogP contribution in [0.4, 0.5) is 0 Å². The van der Waals surface area contributed by atoms with Gasteiger partial charge in [0.2, 0.25) is 0 Å². The van der Waals surface area contributed by atoms with E-state index in [0.717, 1.165) is 18.8 Å². The zero-order valence-corrected chi connectivity index (χ0v) is 12.9. The first-order valence-electron chi connectivity index (χ1n) is 8.40. The van der Waals surface area contributed by atoms with E-state index < -0.39 is 0 Å². The van der Waals surface area contributed by atoms with Gasteiger partial charge in [-0.25, -0.2) is 4.98 Å². The lowest BCUT2D eigenvalue weighted by atomic mass is 10.0. The number of nitrogens with zero attached hydrogens (tertiary/aromatic N) is 4. The number of fused-ring (bicyclic) bond motifs is 1. The van der Waals surface area contributed by atoms with E-state index >= 15 is 0 Å². The van der Waals surface area contributed by atoms with Crippen LogP contribution in [0.5, 0.6) is 0 Å². The van der Waals surface area contributed by atoms with Gasteiger partial charge in [-0.2, -0.15) is 5.10 Å². The summed E-state index contributed by atoms with van der Waals surface area (Å²) in [5, 5.41) is 4.83. The quantitative estimate of drug-likeness (QED) is 0.865. The van der Waals surface area contributed by atoms with Gasteiger partial charge in [0, 0.05) is 11.9 Å². The van der Waals surface area contributed by atoms with Crippen LogP contribution < -0.4 is 0 Å². The van der Waals surface area contributed by atoms with Crippen molar-refractivity contribution in [1.82, 2.24) is 19.3 Å². The summed E-state index contributed by atoms with van der Waals surface area (Å²) in [6.07, 6.45) is 12.4. The molecule has 0 atom stereocenters. The third kappa shape index (κ3) is 2.41. The lowest BCUT2D eigenvalue weighted by Gasteiger charge is -2.14. The third-order valence-corrected chi connectivity index (χ3v) is 5.11. The Morgan fingerprint density at radius 1 is 1.14 bits per heavy atom. The van der Waals surface area contributed by atoms with Gasteiger partial charge in [-0.05, 0) is 51.5 Å². The molecular weight excluding hydrogens is 260 g/mol. The maximum atomic E-state index is 4.83. The summed E-state index contributed by atoms with van der Waals surface area (Å²) in [6.45, 7) is 3.01. The number of aromatic nitrogens is 4. The normalized spacial score (nSPS) is 19.1. The topological polar surface area (TPSA) is 35.6 Å². The van der Waals surface area contributed by atoms with Crippen molar-refractivity contribution in [3.05, 3.63) is 35.2 Å². The molecule has 0 N–H and O–H groups in total. The van der Waals surface area contributed by atoms with Crippen molar-refractivity contribution < 1.29 is 0 Å². The molecule has 2 aliphatic carbocycles. The van der Waals surface area contributed by atoms with Crippen molar-refractivity contribution in [2.24, 2.45) is 0 Å². The Kier molecular flexibility index (Phi) is 3.32. The molecule has 0 radical (unpaired) electrons. The zero-order valence-electron chi connectivity index (χ0n) is 12.9. The first-order valence-corrected chi connectivity index (χ1v) is 8.40. The standard InChI is InChI=1S/C17H24N4/c1-13-18-16-8-4-5-9-17(16)20(13)12-14-10-11-21(19-14)15-6-2-3-7-15/h10-11,15H,2-9,12H2,1H3. The van der Waals surface area contributed by atoms with Crippen molar-refractivity contribution in [2.45, 2.75) is 70.9 Å². The minimum atomic E-state index is 0.636. The van der Waals surface area contributed by atoms with Crippen LogP contribution in [0.15, 0.2) is 12.3 Å². The maximum absolute atomic E-state index is 4.83. The lowest BCUT2D eigenvalue weighted by molar-refractivity contribution is 0.461. The maximum Gasteiger partial charge on any atom is 0.106 e. The largest absolute Gasteiger partial charge is 0.326 e. The predicted molar refractivity (Wildman–Crippen MR) is 82.4 cm³/mol. The van der Waals surface area contributed by atoms with E-state index in [9.17, 15) is 0 Å². The fourth-order valence-corrected chi connectivity index (χ4v) is 3.94. The van der Waals surface area contributed by atoms with Crippen LogP contribution in [0.1, 0.15) is 67.5 Å². The van der Waals surface area contributed by atoms with Crippen LogP contribution in [0, 0.1) is 6.92 Å². The predicted octanol–water partition coefficient (Wildman–Crippen LogP) is 3.43. The SMILES string of the molecule is Cc1nc2c(n1Cc1ccn(C3CCCC3)n1)CCCC2. The molecule has 0 aliphatic heterocycles. The van der Waals surface area contributed by atoms with E-state index in [1.807, 2.05) is 0 Å². The van der Waals surface area contributed by atoms with Crippen molar-refractivity contribution in [3.8, 4) is 0 Å². The summed E-state index contributed by atoms with van der Waals surface area (Å²) in [4.78, 5) is 4.76. The van der Waals surface area contributed by atoms with E-state index in [0.29, 0.717) is 6.04 Å². The Hall–Kier alpha value is -1.58. The van der Waals surface area contributed by atoms with Gasteiger partial charge in [0.1, 0.15) is 5.82 Å². The second-order valence-electron chi connectivity index (χ2n) is 6.57. The van der Waals surface area contributed by atoms with Gasteiger partial charge in [-0.1, -0.05) is 12.8 Å². The fourth-order valence-electron chi connectivity index (χ4n) is 3.94. The summed E-state index contributed by atoms with van der Waals surface area (Å²) in [7, 11) is 0. The number of aryl methyl sites for hydroxylation is 2. The van der Waals surface area contributed by atoms with Crippen molar-refractivity contribution >= 4 is 0 Å². The van der Waals surface area contributed by atoms with E-state index in [4.69, 9.17) is 10.1 Å². The molecule has 0 unspecified atom stereocenters. The molecule has 2 aromatic rings. The molecule has 1 saturated carbocycles. The Bertz CT molecular complexity index is 631. The average molecular weight is 284 g/mol. The van der Waals surface area contributed by atoms with E-state index in [1.54, 1.807) is 0 Å². The number of hydrogen-bond acceptors (Lipinski definition) is 2. The molecule has 2 aliphatic rings. The molecule has 0 spiro atoms. The molecular formula is C17H24N4. The molecule has 4 nitrogen and oxygen atoms in total. The third-order valence-electron chi connectivity index (χ3n) is 5.11. The Balaban J connectivity index is 1.57. The van der Waals surface area contributed by atoms with E-state index in [2.05, 4.69) is 28.4 Å². The number of rotatable bonds is 3. The highest BCUT2D eigenvalue weighted by atomic mass is 15.3. The van der Waals surface area contributed by atoms with Gasteiger partial charge in [-0.3, -0.25) is 4.68 Å². The summed E-state index contributed by atoms with van der Waals surface area (Å²) in [5.74, 6) is 1.15. The second-order valence-corrected chi connectivity index (χ2v) is 6.57. The Morgan fingerprint density at radius 2 is 1.95 bits per heavy atom. The summed E-state index contributed by atoms with van der Waals surface area (Å²) in [6, 6.07) is 2.82. The molecule has 112 valence electrons. The summed E-state index contributed by atoms with van der Waals surface area (Å²) < 4.78 is 4.58. The molecule has 0 aromatic carbocycles. The van der Waals surface area contributed by atoms with Crippen molar-refractivity contribution in [3.63, 3.8) is 0 Å². The van der Waals surface area contributed by atoms with Gasteiger partial charge >= 0.3 is 0 Å². The van der Waals surface area contributed by atoms with Gasteiger partial charge in [-0.15, -0.1) is 0 Å². The zero-order chi connectivity index (χ0) is 14.2. The minimum Gasteiger partial charge on any atom is -0.326 e.